The van der Waals surface area contributed by atoms with Crippen LogP contribution in [-0.4, -0.2) is 34.8 Å². The van der Waals surface area contributed by atoms with Crippen LogP contribution in [0, 0.1) is 5.92 Å². The summed E-state index contributed by atoms with van der Waals surface area (Å²) in [5.41, 5.74) is 0. The van der Waals surface area contributed by atoms with E-state index in [1.54, 1.807) is 12.4 Å². The van der Waals surface area contributed by atoms with Crippen LogP contribution in [0.2, 0.25) is 0 Å². The fourth-order valence-corrected chi connectivity index (χ4v) is 2.07. The zero-order valence-electron chi connectivity index (χ0n) is 9.43. The predicted molar refractivity (Wildman–Crippen MR) is 59.2 cm³/mol. The molecule has 1 aliphatic heterocycles. The minimum Gasteiger partial charge on any atom is -0.378 e. The molecule has 0 radical (unpaired) electrons. The van der Waals surface area contributed by atoms with E-state index in [4.69, 9.17) is 4.74 Å². The molecule has 0 aliphatic carbocycles. The molecule has 2 rings (SSSR count). The summed E-state index contributed by atoms with van der Waals surface area (Å²) < 4.78 is 7.01. The van der Waals surface area contributed by atoms with Crippen molar-refractivity contribution in [2.24, 2.45) is 5.92 Å². The highest BCUT2D eigenvalue weighted by Crippen LogP contribution is 2.22. The second-order valence-electron chi connectivity index (χ2n) is 4.02. The second-order valence-corrected chi connectivity index (χ2v) is 4.02. The maximum Gasteiger partial charge on any atom is 0.326 e. The lowest BCUT2D eigenvalue weighted by molar-refractivity contribution is 0.0878. The Labute approximate surface area is 94.8 Å². The molecule has 1 N–H and O–H groups in total. The zero-order chi connectivity index (χ0) is 11.4. The van der Waals surface area contributed by atoms with E-state index in [0.29, 0.717) is 18.6 Å². The van der Waals surface area contributed by atoms with Crippen molar-refractivity contribution in [3.05, 3.63) is 18.7 Å². The Morgan fingerprint density at radius 1 is 1.69 bits per heavy atom. The molecule has 0 saturated carbocycles. The Balaban J connectivity index is 1.81. The number of nitrogens with zero attached hydrogens (tertiary/aromatic N) is 2. The summed E-state index contributed by atoms with van der Waals surface area (Å²) in [6.07, 6.45) is 7.06. The van der Waals surface area contributed by atoms with E-state index in [9.17, 15) is 4.79 Å². The van der Waals surface area contributed by atoms with Crippen LogP contribution in [-0.2, 0) is 4.74 Å². The van der Waals surface area contributed by atoms with Gasteiger partial charge in [0.05, 0.1) is 6.10 Å². The average molecular weight is 223 g/mol. The highest BCUT2D eigenvalue weighted by Gasteiger charge is 2.26. The highest BCUT2D eigenvalue weighted by molar-refractivity contribution is 5.76. The molecular weight excluding hydrogens is 206 g/mol. The number of rotatable bonds is 3. The molecule has 5 nitrogen and oxygen atoms in total. The summed E-state index contributed by atoms with van der Waals surface area (Å²) in [6, 6.07) is -0.126. The molecule has 1 aromatic rings. The molecule has 88 valence electrons. The third-order valence-corrected chi connectivity index (χ3v) is 3.00. The number of hydrogen-bond acceptors (Lipinski definition) is 3. The van der Waals surface area contributed by atoms with Gasteiger partial charge in [-0.2, -0.15) is 0 Å². The first-order chi connectivity index (χ1) is 7.81. The van der Waals surface area contributed by atoms with Gasteiger partial charge in [0, 0.05) is 31.5 Å². The third-order valence-electron chi connectivity index (χ3n) is 3.00. The van der Waals surface area contributed by atoms with Crippen LogP contribution in [0.5, 0.6) is 0 Å². The molecule has 1 amide bonds. The Hall–Kier alpha value is -1.36. The van der Waals surface area contributed by atoms with E-state index in [1.807, 2.05) is 0 Å². The third kappa shape index (κ3) is 2.41. The van der Waals surface area contributed by atoms with Gasteiger partial charge in [-0.3, -0.25) is 4.57 Å². The van der Waals surface area contributed by atoms with Gasteiger partial charge in [0.15, 0.2) is 0 Å². The largest absolute Gasteiger partial charge is 0.378 e. The number of imidazole rings is 1. The zero-order valence-corrected chi connectivity index (χ0v) is 9.43. The maximum absolute atomic E-state index is 11.6. The van der Waals surface area contributed by atoms with E-state index in [2.05, 4.69) is 17.2 Å². The summed E-state index contributed by atoms with van der Waals surface area (Å²) in [5, 5.41) is 2.90. The Morgan fingerprint density at radius 2 is 2.56 bits per heavy atom. The summed E-state index contributed by atoms with van der Waals surface area (Å²) in [4.78, 5) is 15.5. The smallest absolute Gasteiger partial charge is 0.326 e. The van der Waals surface area contributed by atoms with Gasteiger partial charge < -0.3 is 10.1 Å². The van der Waals surface area contributed by atoms with E-state index in [0.717, 1.165) is 19.4 Å². The van der Waals surface area contributed by atoms with Gasteiger partial charge in [-0.1, -0.05) is 6.92 Å². The lowest BCUT2D eigenvalue weighted by Gasteiger charge is -2.17. The minimum atomic E-state index is -0.126. The second kappa shape index (κ2) is 5.12. The summed E-state index contributed by atoms with van der Waals surface area (Å²) in [5.74, 6) is 0.442. The monoisotopic (exact) mass is 223 g/mol. The van der Waals surface area contributed by atoms with Crippen LogP contribution < -0.4 is 5.32 Å². The lowest BCUT2D eigenvalue weighted by Crippen LogP contribution is -2.34. The number of hydrogen-bond donors (Lipinski definition) is 1. The predicted octanol–water partition coefficient (Wildman–Crippen LogP) is 1.26. The highest BCUT2D eigenvalue weighted by atomic mass is 16.5. The van der Waals surface area contributed by atoms with Crippen molar-refractivity contribution in [1.82, 2.24) is 14.9 Å². The Kier molecular flexibility index (Phi) is 3.56. The molecule has 2 heterocycles. The van der Waals surface area contributed by atoms with E-state index >= 15 is 0 Å². The molecular formula is C11H17N3O2. The fourth-order valence-electron chi connectivity index (χ4n) is 2.07. The van der Waals surface area contributed by atoms with Crippen molar-refractivity contribution in [3.63, 3.8) is 0 Å². The van der Waals surface area contributed by atoms with Gasteiger partial charge in [-0.05, 0) is 12.8 Å². The number of carbonyl (C=O) groups is 1. The Bertz CT molecular complexity index is 337. The lowest BCUT2D eigenvalue weighted by atomic mass is 10.00. The molecule has 0 spiro atoms. The maximum atomic E-state index is 11.6. The average Bonchev–Trinajstić information content (AvgIpc) is 2.96. The van der Waals surface area contributed by atoms with Crippen molar-refractivity contribution >= 4 is 6.03 Å². The van der Waals surface area contributed by atoms with E-state index < -0.39 is 0 Å². The summed E-state index contributed by atoms with van der Waals surface area (Å²) >= 11 is 0. The number of carbonyl (C=O) groups excluding carboxylic acids is 1. The number of ether oxygens (including phenoxy) is 1. The number of amides is 1. The molecule has 0 aromatic carbocycles. The van der Waals surface area contributed by atoms with Crippen LogP contribution in [0.1, 0.15) is 19.8 Å². The van der Waals surface area contributed by atoms with Gasteiger partial charge in [0.25, 0.3) is 0 Å². The van der Waals surface area contributed by atoms with Gasteiger partial charge in [-0.15, -0.1) is 0 Å². The Morgan fingerprint density at radius 3 is 3.25 bits per heavy atom. The first-order valence-corrected chi connectivity index (χ1v) is 5.69. The molecule has 1 saturated heterocycles. The topological polar surface area (TPSA) is 56.1 Å². The first kappa shape index (κ1) is 11.1. The van der Waals surface area contributed by atoms with Crippen LogP contribution >= 0.6 is 0 Å². The molecule has 1 aromatic heterocycles. The first-order valence-electron chi connectivity index (χ1n) is 5.69. The van der Waals surface area contributed by atoms with Crippen LogP contribution in [0.4, 0.5) is 4.79 Å². The van der Waals surface area contributed by atoms with Gasteiger partial charge in [-0.25, -0.2) is 9.78 Å². The summed E-state index contributed by atoms with van der Waals surface area (Å²) in [7, 11) is 0. The van der Waals surface area contributed by atoms with Crippen LogP contribution in [0.3, 0.4) is 0 Å². The SMILES string of the molecule is CCC1OCCC1CNC(=O)n1ccnc1. The molecule has 2 unspecified atom stereocenters. The number of aromatic nitrogens is 2. The molecule has 16 heavy (non-hydrogen) atoms. The molecule has 5 heteroatoms. The van der Waals surface area contributed by atoms with E-state index in [-0.39, 0.29) is 6.03 Å². The standard InChI is InChI=1S/C11H17N3O2/c1-2-10-9(3-6-16-10)7-13-11(15)14-5-4-12-8-14/h4-5,8-10H,2-3,6-7H2,1H3,(H,13,15). The van der Waals surface area contributed by atoms with Crippen molar-refractivity contribution < 1.29 is 9.53 Å². The van der Waals surface area contributed by atoms with Crippen LogP contribution in [0.25, 0.3) is 0 Å². The fraction of sp³-hybridized carbons (Fsp3) is 0.636. The van der Waals surface area contributed by atoms with E-state index in [1.165, 1.54) is 10.9 Å². The van der Waals surface area contributed by atoms with Crippen molar-refractivity contribution in [2.45, 2.75) is 25.9 Å². The van der Waals surface area contributed by atoms with Crippen molar-refractivity contribution in [1.29, 1.82) is 0 Å². The molecule has 1 fully saturated rings. The quantitative estimate of drug-likeness (QED) is 0.839. The van der Waals surface area contributed by atoms with Gasteiger partial charge in [0.1, 0.15) is 6.33 Å². The van der Waals surface area contributed by atoms with Crippen molar-refractivity contribution in [2.75, 3.05) is 13.2 Å². The van der Waals surface area contributed by atoms with Crippen LogP contribution in [0.15, 0.2) is 18.7 Å². The molecule has 1 aliphatic rings. The van der Waals surface area contributed by atoms with Gasteiger partial charge >= 0.3 is 6.03 Å². The van der Waals surface area contributed by atoms with Crippen molar-refractivity contribution in [3.8, 4) is 0 Å². The number of nitrogens with one attached hydrogen (secondary N) is 1. The molecule has 0 bridgehead atoms. The normalized spacial score (nSPS) is 24.6. The summed E-state index contributed by atoms with van der Waals surface area (Å²) in [6.45, 7) is 3.60. The minimum absolute atomic E-state index is 0.126. The van der Waals surface area contributed by atoms with Gasteiger partial charge in [0.2, 0.25) is 0 Å². The molecule has 2 atom stereocenters.